The molecule has 2 rings (SSSR count). The number of halogens is 2. The average Bonchev–Trinajstić information content (AvgIpc) is 2.68. The number of aryl methyl sites for hydroxylation is 1. The number of hydrogen-bond acceptors (Lipinski definition) is 3. The van der Waals surface area contributed by atoms with Crippen molar-refractivity contribution in [3.8, 4) is 0 Å². The van der Waals surface area contributed by atoms with Gasteiger partial charge in [-0.2, -0.15) is 5.10 Å². The fourth-order valence-electron chi connectivity index (χ4n) is 1.44. The van der Waals surface area contributed by atoms with E-state index in [4.69, 9.17) is 11.6 Å². The molecule has 0 saturated carbocycles. The van der Waals surface area contributed by atoms with E-state index in [9.17, 15) is 4.39 Å². The summed E-state index contributed by atoms with van der Waals surface area (Å²) in [4.78, 5) is 4.06. The first-order valence-corrected chi connectivity index (χ1v) is 5.52. The topological polar surface area (TPSA) is 42.7 Å². The molecule has 0 aliphatic carbocycles. The zero-order valence-electron chi connectivity index (χ0n) is 9.32. The third-order valence-corrected chi connectivity index (χ3v) is 2.50. The number of rotatable bonds is 4. The Morgan fingerprint density at radius 2 is 2.24 bits per heavy atom. The lowest BCUT2D eigenvalue weighted by Gasteiger charge is -2.04. The highest BCUT2D eigenvalue weighted by Gasteiger charge is 2.03. The summed E-state index contributed by atoms with van der Waals surface area (Å²) in [7, 11) is 1.80. The van der Waals surface area contributed by atoms with Crippen LogP contribution < -0.4 is 5.32 Å². The van der Waals surface area contributed by atoms with Crippen molar-refractivity contribution in [2.45, 2.75) is 13.1 Å². The van der Waals surface area contributed by atoms with Gasteiger partial charge in [0, 0.05) is 24.2 Å². The maximum absolute atomic E-state index is 13.4. The Morgan fingerprint density at radius 3 is 2.88 bits per heavy atom. The summed E-state index contributed by atoms with van der Waals surface area (Å²) in [5.41, 5.74) is 0.574. The molecule has 17 heavy (non-hydrogen) atoms. The molecule has 1 heterocycles. The van der Waals surface area contributed by atoms with Crippen molar-refractivity contribution in [2.24, 2.45) is 7.05 Å². The monoisotopic (exact) mass is 254 g/mol. The van der Waals surface area contributed by atoms with Gasteiger partial charge in [0.05, 0.1) is 6.54 Å². The first kappa shape index (κ1) is 12.0. The zero-order chi connectivity index (χ0) is 12.3. The van der Waals surface area contributed by atoms with Crippen molar-refractivity contribution in [2.75, 3.05) is 0 Å². The first-order valence-electron chi connectivity index (χ1n) is 5.14. The van der Waals surface area contributed by atoms with Crippen LogP contribution in [-0.4, -0.2) is 14.8 Å². The van der Waals surface area contributed by atoms with Crippen molar-refractivity contribution >= 4 is 11.6 Å². The summed E-state index contributed by atoms with van der Waals surface area (Å²) < 4.78 is 15.0. The smallest absolute Gasteiger partial charge is 0.164 e. The Labute approximate surface area is 103 Å². The van der Waals surface area contributed by atoms with E-state index in [1.165, 1.54) is 6.07 Å². The number of nitrogens with one attached hydrogen (secondary N) is 1. The Balaban J connectivity index is 1.90. The number of aromatic nitrogens is 3. The molecule has 1 N–H and O–H groups in total. The zero-order valence-corrected chi connectivity index (χ0v) is 10.1. The van der Waals surface area contributed by atoms with Crippen LogP contribution in [0.3, 0.4) is 0 Å². The van der Waals surface area contributed by atoms with Gasteiger partial charge in [-0.15, -0.1) is 0 Å². The third kappa shape index (κ3) is 3.25. The van der Waals surface area contributed by atoms with E-state index in [0.29, 0.717) is 29.5 Å². The second-order valence-electron chi connectivity index (χ2n) is 3.67. The second-order valence-corrected chi connectivity index (χ2v) is 4.11. The summed E-state index contributed by atoms with van der Waals surface area (Å²) in [5, 5.41) is 7.58. The van der Waals surface area contributed by atoms with Gasteiger partial charge in [0.25, 0.3) is 0 Å². The molecule has 90 valence electrons. The van der Waals surface area contributed by atoms with Gasteiger partial charge in [0.15, 0.2) is 5.82 Å². The van der Waals surface area contributed by atoms with E-state index < -0.39 is 0 Å². The molecular formula is C11H12ClFN4. The predicted molar refractivity (Wildman–Crippen MR) is 63.0 cm³/mol. The minimum Gasteiger partial charge on any atom is -0.306 e. The van der Waals surface area contributed by atoms with Crippen molar-refractivity contribution in [3.05, 3.63) is 46.8 Å². The largest absolute Gasteiger partial charge is 0.306 e. The summed E-state index contributed by atoms with van der Waals surface area (Å²) in [6, 6.07) is 4.63. The molecule has 0 spiro atoms. The van der Waals surface area contributed by atoms with Crippen LogP contribution in [-0.2, 0) is 20.1 Å². The molecule has 2 aromatic rings. The van der Waals surface area contributed by atoms with E-state index in [1.54, 1.807) is 30.2 Å². The first-order chi connectivity index (χ1) is 8.15. The number of hydrogen-bond donors (Lipinski definition) is 1. The van der Waals surface area contributed by atoms with Crippen molar-refractivity contribution < 1.29 is 4.39 Å². The number of benzene rings is 1. The molecule has 4 nitrogen and oxygen atoms in total. The second kappa shape index (κ2) is 5.25. The Hall–Kier alpha value is -1.46. The lowest BCUT2D eigenvalue weighted by Crippen LogP contribution is -2.15. The van der Waals surface area contributed by atoms with Crippen LogP contribution in [0.2, 0.25) is 5.02 Å². The highest BCUT2D eigenvalue weighted by Crippen LogP contribution is 2.14. The van der Waals surface area contributed by atoms with Gasteiger partial charge in [0.2, 0.25) is 0 Å². The molecule has 0 amide bonds. The minimum absolute atomic E-state index is 0.306. The van der Waals surface area contributed by atoms with E-state index in [1.807, 2.05) is 0 Å². The molecule has 1 aromatic heterocycles. The van der Waals surface area contributed by atoms with Gasteiger partial charge < -0.3 is 5.32 Å². The van der Waals surface area contributed by atoms with Crippen LogP contribution in [0.4, 0.5) is 4.39 Å². The fourth-order valence-corrected chi connectivity index (χ4v) is 1.60. The van der Waals surface area contributed by atoms with Crippen molar-refractivity contribution in [3.63, 3.8) is 0 Å². The van der Waals surface area contributed by atoms with Gasteiger partial charge in [-0.3, -0.25) is 4.68 Å². The Bertz CT molecular complexity index is 512. The van der Waals surface area contributed by atoms with Crippen LogP contribution in [0.5, 0.6) is 0 Å². The van der Waals surface area contributed by atoms with E-state index in [0.717, 1.165) is 0 Å². The van der Waals surface area contributed by atoms with Crippen LogP contribution in [0.25, 0.3) is 0 Å². The molecule has 6 heteroatoms. The summed E-state index contributed by atoms with van der Waals surface area (Å²) >= 11 is 5.67. The molecule has 0 radical (unpaired) electrons. The molecule has 1 aromatic carbocycles. The molecule has 0 bridgehead atoms. The highest BCUT2D eigenvalue weighted by molar-refractivity contribution is 6.30. The van der Waals surface area contributed by atoms with E-state index in [-0.39, 0.29) is 5.82 Å². The molecule has 0 fully saturated rings. The summed E-state index contributed by atoms with van der Waals surface area (Å²) in [6.45, 7) is 0.921. The SMILES string of the molecule is Cn1cnc(CNCc2ccc(Cl)cc2F)n1. The molecule has 0 saturated heterocycles. The Morgan fingerprint density at radius 1 is 1.41 bits per heavy atom. The molecule has 0 aliphatic heterocycles. The molecular weight excluding hydrogens is 243 g/mol. The third-order valence-electron chi connectivity index (χ3n) is 2.26. The van der Waals surface area contributed by atoms with Gasteiger partial charge in [-0.05, 0) is 12.1 Å². The minimum atomic E-state index is -0.306. The van der Waals surface area contributed by atoms with Crippen LogP contribution in [0.1, 0.15) is 11.4 Å². The maximum atomic E-state index is 13.4. The quantitative estimate of drug-likeness (QED) is 0.906. The summed E-state index contributed by atoms with van der Waals surface area (Å²) in [6.07, 6.45) is 1.62. The predicted octanol–water partition coefficient (Wildman–Crippen LogP) is 1.90. The molecule has 0 atom stereocenters. The Kier molecular flexibility index (Phi) is 3.71. The lowest BCUT2D eigenvalue weighted by molar-refractivity contribution is 0.581. The van der Waals surface area contributed by atoms with Gasteiger partial charge in [-0.1, -0.05) is 17.7 Å². The molecule has 0 aliphatic rings. The van der Waals surface area contributed by atoms with Crippen LogP contribution in [0, 0.1) is 5.82 Å². The van der Waals surface area contributed by atoms with Crippen molar-refractivity contribution in [1.82, 2.24) is 20.1 Å². The molecule has 0 unspecified atom stereocenters. The number of nitrogens with zero attached hydrogens (tertiary/aromatic N) is 3. The average molecular weight is 255 g/mol. The van der Waals surface area contributed by atoms with Crippen LogP contribution >= 0.6 is 11.6 Å². The standard InChI is InChI=1S/C11H12ClFN4/c1-17-7-15-11(16-17)6-14-5-8-2-3-9(12)4-10(8)13/h2-4,7,14H,5-6H2,1H3. The summed E-state index contributed by atoms with van der Waals surface area (Å²) in [5.74, 6) is 0.376. The highest BCUT2D eigenvalue weighted by atomic mass is 35.5. The van der Waals surface area contributed by atoms with Gasteiger partial charge in [0.1, 0.15) is 12.1 Å². The maximum Gasteiger partial charge on any atom is 0.164 e. The normalized spacial score (nSPS) is 10.8. The fraction of sp³-hybridized carbons (Fsp3) is 0.273. The van der Waals surface area contributed by atoms with E-state index >= 15 is 0 Å². The van der Waals surface area contributed by atoms with Gasteiger partial charge in [-0.25, -0.2) is 9.37 Å². The van der Waals surface area contributed by atoms with Crippen LogP contribution in [0.15, 0.2) is 24.5 Å². The lowest BCUT2D eigenvalue weighted by atomic mass is 10.2. The van der Waals surface area contributed by atoms with Crippen molar-refractivity contribution in [1.29, 1.82) is 0 Å². The van der Waals surface area contributed by atoms with E-state index in [2.05, 4.69) is 15.4 Å². The van der Waals surface area contributed by atoms with Gasteiger partial charge >= 0.3 is 0 Å².